The van der Waals surface area contributed by atoms with Gasteiger partial charge >= 0.3 is 0 Å². The molecule has 2 aromatic rings. The second-order valence-corrected chi connectivity index (χ2v) is 6.22. The van der Waals surface area contributed by atoms with Gasteiger partial charge in [0.05, 0.1) is 15.5 Å². The van der Waals surface area contributed by atoms with E-state index in [-0.39, 0.29) is 15.6 Å². The second-order valence-electron chi connectivity index (χ2n) is 4.82. The maximum atomic E-state index is 12.5. The first-order valence-electron chi connectivity index (χ1n) is 6.74. The molecule has 1 fully saturated rings. The number of non-ortho nitro benzene ring substituents is 1. The molecular weight excluding hydrogens is 352 g/mol. The normalized spacial score (nSPS) is 16.0. The zero-order valence-electron chi connectivity index (χ0n) is 12.0. The molecule has 0 N–H and O–H groups in total. The van der Waals surface area contributed by atoms with Gasteiger partial charge in [-0.15, -0.1) is 0 Å². The van der Waals surface area contributed by atoms with E-state index in [0.29, 0.717) is 11.3 Å². The number of nitro benzene ring substituents is 1. The van der Waals surface area contributed by atoms with E-state index in [1.165, 1.54) is 24.3 Å². The number of carbonyl (C=O) groups is 2. The summed E-state index contributed by atoms with van der Waals surface area (Å²) in [6.45, 7) is 0. The van der Waals surface area contributed by atoms with Crippen LogP contribution in [0.4, 0.5) is 16.2 Å². The van der Waals surface area contributed by atoms with Crippen LogP contribution in [0.5, 0.6) is 0 Å². The molecule has 2 amide bonds. The number of nitro groups is 1. The van der Waals surface area contributed by atoms with Gasteiger partial charge in [0.15, 0.2) is 0 Å². The largest absolute Gasteiger partial charge is 0.298 e. The maximum Gasteiger partial charge on any atom is 0.298 e. The van der Waals surface area contributed by atoms with Crippen molar-refractivity contribution in [1.29, 1.82) is 0 Å². The van der Waals surface area contributed by atoms with Crippen molar-refractivity contribution in [3.05, 3.63) is 74.1 Å². The van der Waals surface area contributed by atoms with Gasteiger partial charge in [-0.2, -0.15) is 0 Å². The molecule has 6 nitrogen and oxygen atoms in total. The monoisotopic (exact) mass is 360 g/mol. The second kappa shape index (κ2) is 6.46. The number of anilines is 1. The molecule has 3 rings (SSSR count). The van der Waals surface area contributed by atoms with Crippen molar-refractivity contribution >= 4 is 52.0 Å². The number of hydrogen-bond acceptors (Lipinski definition) is 5. The Morgan fingerprint density at radius 2 is 1.83 bits per heavy atom. The summed E-state index contributed by atoms with van der Waals surface area (Å²) in [4.78, 5) is 36.1. The van der Waals surface area contributed by atoms with Gasteiger partial charge in [-0.05, 0) is 36.0 Å². The summed E-state index contributed by atoms with van der Waals surface area (Å²) in [5.41, 5.74) is 0.630. The molecule has 24 heavy (non-hydrogen) atoms. The summed E-state index contributed by atoms with van der Waals surface area (Å²) in [7, 11) is 0. The third-order valence-electron chi connectivity index (χ3n) is 3.29. The Bertz CT molecular complexity index is 883. The van der Waals surface area contributed by atoms with Crippen LogP contribution in [0.25, 0.3) is 6.08 Å². The zero-order valence-corrected chi connectivity index (χ0v) is 13.6. The third kappa shape index (κ3) is 3.04. The lowest BCUT2D eigenvalue weighted by Crippen LogP contribution is -2.27. The Labute approximate surface area is 145 Å². The Hall–Kier alpha value is -2.64. The van der Waals surface area contributed by atoms with Gasteiger partial charge in [-0.25, -0.2) is 4.90 Å². The van der Waals surface area contributed by atoms with Crippen LogP contribution in [0, 0.1) is 10.1 Å². The average molecular weight is 361 g/mol. The van der Waals surface area contributed by atoms with Crippen molar-refractivity contribution < 1.29 is 14.5 Å². The average Bonchev–Trinajstić information content (AvgIpc) is 2.84. The number of rotatable bonds is 3. The van der Waals surface area contributed by atoms with Crippen molar-refractivity contribution in [2.75, 3.05) is 4.90 Å². The number of amides is 2. The standard InChI is InChI=1S/C16H9ClN2O4S/c17-13-7-6-12(19(22)23)8-10(13)9-14-15(20)18(16(21)24-14)11-4-2-1-3-5-11/h1-9H/b14-9-. The molecule has 0 atom stereocenters. The molecule has 2 aromatic carbocycles. The number of imide groups is 1. The summed E-state index contributed by atoms with van der Waals surface area (Å²) in [5.74, 6) is -0.487. The molecule has 1 saturated heterocycles. The smallest absolute Gasteiger partial charge is 0.268 e. The fourth-order valence-corrected chi connectivity index (χ4v) is 3.17. The van der Waals surface area contributed by atoms with Crippen LogP contribution < -0.4 is 4.90 Å². The zero-order chi connectivity index (χ0) is 17.3. The Balaban J connectivity index is 1.98. The minimum Gasteiger partial charge on any atom is -0.268 e. The molecular formula is C16H9ClN2O4S. The van der Waals surface area contributed by atoms with Crippen LogP contribution >= 0.6 is 23.4 Å². The molecule has 1 heterocycles. The minimum atomic E-state index is -0.552. The van der Waals surface area contributed by atoms with E-state index in [4.69, 9.17) is 11.6 Å². The molecule has 0 spiro atoms. The first kappa shape index (κ1) is 16.2. The van der Waals surface area contributed by atoms with Gasteiger partial charge in [0.1, 0.15) is 0 Å². The van der Waals surface area contributed by atoms with Crippen molar-refractivity contribution in [2.24, 2.45) is 0 Å². The summed E-state index contributed by atoms with van der Waals surface area (Å²) in [5, 5.41) is 10.7. The summed E-state index contributed by atoms with van der Waals surface area (Å²) in [6.07, 6.45) is 1.39. The van der Waals surface area contributed by atoms with Gasteiger partial charge in [0.2, 0.25) is 0 Å². The Kier molecular flexibility index (Phi) is 4.37. The molecule has 1 aliphatic heterocycles. The van der Waals surface area contributed by atoms with E-state index in [1.54, 1.807) is 30.3 Å². The van der Waals surface area contributed by atoms with Crippen LogP contribution in [0.15, 0.2) is 53.4 Å². The SMILES string of the molecule is O=C1S/C(=C\c2cc([N+](=O)[O-])ccc2Cl)C(=O)N1c1ccccc1. The molecule has 8 heteroatoms. The molecule has 0 aliphatic carbocycles. The fraction of sp³-hybridized carbons (Fsp3) is 0. The van der Waals surface area contributed by atoms with Gasteiger partial charge in [0, 0.05) is 22.7 Å². The highest BCUT2D eigenvalue weighted by Crippen LogP contribution is 2.36. The van der Waals surface area contributed by atoms with E-state index >= 15 is 0 Å². The highest BCUT2D eigenvalue weighted by atomic mass is 35.5. The van der Waals surface area contributed by atoms with Crippen molar-refractivity contribution in [3.63, 3.8) is 0 Å². The summed E-state index contributed by atoms with van der Waals surface area (Å²) < 4.78 is 0. The van der Waals surface area contributed by atoms with Crippen LogP contribution in [0.3, 0.4) is 0 Å². The number of hydrogen-bond donors (Lipinski definition) is 0. The van der Waals surface area contributed by atoms with Gasteiger partial charge in [-0.1, -0.05) is 29.8 Å². The van der Waals surface area contributed by atoms with E-state index < -0.39 is 16.1 Å². The molecule has 0 radical (unpaired) electrons. The van der Waals surface area contributed by atoms with Crippen LogP contribution in [-0.4, -0.2) is 16.1 Å². The quantitative estimate of drug-likeness (QED) is 0.457. The molecule has 0 aromatic heterocycles. The lowest BCUT2D eigenvalue weighted by Gasteiger charge is -2.11. The van der Waals surface area contributed by atoms with Crippen LogP contribution in [0.1, 0.15) is 5.56 Å². The lowest BCUT2D eigenvalue weighted by atomic mass is 10.2. The van der Waals surface area contributed by atoms with Crippen LogP contribution in [0.2, 0.25) is 5.02 Å². The maximum absolute atomic E-state index is 12.5. The number of nitrogens with zero attached hydrogens (tertiary/aromatic N) is 2. The number of para-hydroxylation sites is 1. The Morgan fingerprint density at radius 1 is 1.12 bits per heavy atom. The molecule has 1 aliphatic rings. The summed E-state index contributed by atoms with van der Waals surface area (Å²) in [6, 6.07) is 12.4. The topological polar surface area (TPSA) is 80.5 Å². The van der Waals surface area contributed by atoms with Crippen molar-refractivity contribution in [1.82, 2.24) is 0 Å². The first-order chi connectivity index (χ1) is 11.5. The van der Waals surface area contributed by atoms with Crippen molar-refractivity contribution in [2.45, 2.75) is 0 Å². The van der Waals surface area contributed by atoms with E-state index in [0.717, 1.165) is 16.7 Å². The van der Waals surface area contributed by atoms with Gasteiger partial charge in [0.25, 0.3) is 16.8 Å². The molecule has 0 bridgehead atoms. The predicted molar refractivity (Wildman–Crippen MR) is 93.0 cm³/mol. The van der Waals surface area contributed by atoms with E-state index in [2.05, 4.69) is 0 Å². The molecule has 0 saturated carbocycles. The van der Waals surface area contributed by atoms with Crippen LogP contribution in [-0.2, 0) is 4.79 Å². The minimum absolute atomic E-state index is 0.145. The Morgan fingerprint density at radius 3 is 2.50 bits per heavy atom. The number of thioether (sulfide) groups is 1. The van der Waals surface area contributed by atoms with Gasteiger partial charge in [-0.3, -0.25) is 19.7 Å². The van der Waals surface area contributed by atoms with Crippen molar-refractivity contribution in [3.8, 4) is 0 Å². The van der Waals surface area contributed by atoms with E-state index in [1.807, 2.05) is 0 Å². The summed E-state index contributed by atoms with van der Waals surface area (Å²) >= 11 is 6.80. The third-order valence-corrected chi connectivity index (χ3v) is 4.50. The molecule has 120 valence electrons. The number of halogens is 1. The predicted octanol–water partition coefficient (Wildman–Crippen LogP) is 4.49. The highest BCUT2D eigenvalue weighted by Gasteiger charge is 2.36. The molecule has 0 unspecified atom stereocenters. The van der Waals surface area contributed by atoms with E-state index in [9.17, 15) is 19.7 Å². The fourth-order valence-electron chi connectivity index (χ4n) is 2.16. The van der Waals surface area contributed by atoms with Gasteiger partial charge < -0.3 is 0 Å². The number of carbonyl (C=O) groups excluding carboxylic acids is 2. The first-order valence-corrected chi connectivity index (χ1v) is 7.94. The lowest BCUT2D eigenvalue weighted by molar-refractivity contribution is -0.384. The number of benzene rings is 2. The highest BCUT2D eigenvalue weighted by molar-refractivity contribution is 8.19.